The highest BCUT2D eigenvalue weighted by atomic mass is 32.1. The van der Waals surface area contributed by atoms with E-state index in [1.807, 2.05) is 53.0 Å². The Kier molecular flexibility index (Phi) is 5.61. The molecule has 0 spiro atoms. The molecule has 0 atom stereocenters. The number of oxazole rings is 1. The van der Waals surface area contributed by atoms with Gasteiger partial charge in [-0.05, 0) is 72.1 Å². The first kappa shape index (κ1) is 25.8. The fourth-order valence-corrected chi connectivity index (χ4v) is 8.97. The standard InChI is InChI=1S/C41H24N2OS2/c1-2-8-26(9-3-1)41-42-35-21-15-25-14-16-27(22-34(25)40(35)44-41)43(28-17-19-32-30-10-4-6-12-36(30)45-38(32)23-28)29-18-20-33-31-11-5-7-13-37(31)46-39(33)24-29/h1-24H. The zero-order valence-electron chi connectivity index (χ0n) is 24.5. The van der Waals surface area contributed by atoms with Crippen LogP contribution < -0.4 is 4.90 Å². The number of aromatic nitrogens is 1. The molecular formula is C41H24N2OS2. The minimum Gasteiger partial charge on any atom is -0.435 e. The van der Waals surface area contributed by atoms with Gasteiger partial charge in [0.1, 0.15) is 5.52 Å². The molecule has 46 heavy (non-hydrogen) atoms. The van der Waals surface area contributed by atoms with E-state index in [4.69, 9.17) is 9.40 Å². The van der Waals surface area contributed by atoms with Crippen LogP contribution in [0.4, 0.5) is 17.1 Å². The van der Waals surface area contributed by atoms with Gasteiger partial charge in [0.2, 0.25) is 5.89 Å². The molecular weight excluding hydrogens is 601 g/mol. The number of benzene rings is 7. The quantitative estimate of drug-likeness (QED) is 0.195. The van der Waals surface area contributed by atoms with Gasteiger partial charge in [0.15, 0.2) is 5.58 Å². The van der Waals surface area contributed by atoms with Crippen LogP contribution in [0.3, 0.4) is 0 Å². The summed E-state index contributed by atoms with van der Waals surface area (Å²) >= 11 is 3.69. The fourth-order valence-electron chi connectivity index (χ4n) is 6.69. The number of rotatable bonds is 4. The van der Waals surface area contributed by atoms with Gasteiger partial charge in [-0.1, -0.05) is 78.9 Å². The number of hydrogen-bond acceptors (Lipinski definition) is 5. The molecule has 0 unspecified atom stereocenters. The van der Waals surface area contributed by atoms with E-state index in [9.17, 15) is 0 Å². The highest BCUT2D eigenvalue weighted by molar-refractivity contribution is 7.26. The molecule has 0 saturated heterocycles. The van der Waals surface area contributed by atoms with Crippen LogP contribution in [0.2, 0.25) is 0 Å². The molecule has 0 amide bonds. The lowest BCUT2D eigenvalue weighted by molar-refractivity contribution is 0.623. The Morgan fingerprint density at radius 3 is 1.67 bits per heavy atom. The molecule has 0 saturated carbocycles. The van der Waals surface area contributed by atoms with Gasteiger partial charge in [0.25, 0.3) is 0 Å². The maximum Gasteiger partial charge on any atom is 0.227 e. The van der Waals surface area contributed by atoms with E-state index >= 15 is 0 Å². The molecule has 5 heteroatoms. The Bertz CT molecular complexity index is 2660. The molecule has 0 radical (unpaired) electrons. The third-order valence-corrected chi connectivity index (χ3v) is 11.1. The molecule has 0 N–H and O–H groups in total. The number of anilines is 3. The van der Waals surface area contributed by atoms with Crippen LogP contribution in [0.1, 0.15) is 0 Å². The summed E-state index contributed by atoms with van der Waals surface area (Å²) < 4.78 is 11.6. The average Bonchev–Trinajstić information content (AvgIpc) is 3.82. The van der Waals surface area contributed by atoms with Crippen molar-refractivity contribution in [2.45, 2.75) is 0 Å². The Morgan fingerprint density at radius 1 is 0.457 bits per heavy atom. The monoisotopic (exact) mass is 624 g/mol. The van der Waals surface area contributed by atoms with Gasteiger partial charge >= 0.3 is 0 Å². The van der Waals surface area contributed by atoms with Gasteiger partial charge in [0.05, 0.1) is 0 Å². The zero-order valence-corrected chi connectivity index (χ0v) is 26.1. The lowest BCUT2D eigenvalue weighted by atomic mass is 10.1. The summed E-state index contributed by atoms with van der Waals surface area (Å²) in [5.41, 5.74) is 5.94. The van der Waals surface area contributed by atoms with Crippen molar-refractivity contribution in [3.8, 4) is 11.5 Å². The minimum absolute atomic E-state index is 0.635. The highest BCUT2D eigenvalue weighted by Crippen LogP contribution is 2.44. The lowest BCUT2D eigenvalue weighted by Gasteiger charge is -2.26. The molecule has 10 aromatic rings. The Labute approximate surface area is 272 Å². The smallest absolute Gasteiger partial charge is 0.227 e. The van der Waals surface area contributed by atoms with Gasteiger partial charge in [-0.3, -0.25) is 0 Å². The molecule has 3 heterocycles. The van der Waals surface area contributed by atoms with Gasteiger partial charge in [-0.15, -0.1) is 22.7 Å². The van der Waals surface area contributed by atoms with Crippen molar-refractivity contribution in [3.63, 3.8) is 0 Å². The van der Waals surface area contributed by atoms with E-state index in [2.05, 4.69) is 120 Å². The van der Waals surface area contributed by atoms with E-state index < -0.39 is 0 Å². The first-order valence-corrected chi connectivity index (χ1v) is 16.9. The van der Waals surface area contributed by atoms with E-state index in [-0.39, 0.29) is 0 Å². The second-order valence-corrected chi connectivity index (χ2v) is 13.8. The second-order valence-electron chi connectivity index (χ2n) is 11.6. The summed E-state index contributed by atoms with van der Waals surface area (Å²) in [7, 11) is 0. The molecule has 10 rings (SSSR count). The maximum atomic E-state index is 6.47. The van der Waals surface area contributed by atoms with Crippen LogP contribution in [0.5, 0.6) is 0 Å². The molecule has 216 valence electrons. The molecule has 7 aromatic carbocycles. The largest absolute Gasteiger partial charge is 0.435 e. The Balaban J connectivity index is 1.20. The predicted molar refractivity (Wildman–Crippen MR) is 197 cm³/mol. The van der Waals surface area contributed by atoms with Gasteiger partial charge in [-0.25, -0.2) is 4.98 Å². The van der Waals surface area contributed by atoms with Crippen LogP contribution in [-0.4, -0.2) is 4.98 Å². The fraction of sp³-hybridized carbons (Fsp3) is 0. The highest BCUT2D eigenvalue weighted by Gasteiger charge is 2.19. The number of nitrogens with zero attached hydrogens (tertiary/aromatic N) is 2. The van der Waals surface area contributed by atoms with Gasteiger partial charge < -0.3 is 9.32 Å². The van der Waals surface area contributed by atoms with Crippen molar-refractivity contribution in [3.05, 3.63) is 146 Å². The normalized spacial score (nSPS) is 11.9. The van der Waals surface area contributed by atoms with E-state index in [0.29, 0.717) is 5.89 Å². The van der Waals surface area contributed by atoms with Crippen molar-refractivity contribution >= 4 is 102 Å². The van der Waals surface area contributed by atoms with Crippen LogP contribution in [0.15, 0.2) is 150 Å². The predicted octanol–water partition coefficient (Wildman–Crippen LogP) is 12.9. The molecule has 0 aliphatic carbocycles. The summed E-state index contributed by atoms with van der Waals surface area (Å²) in [6.45, 7) is 0. The van der Waals surface area contributed by atoms with Crippen LogP contribution in [0.25, 0.3) is 73.7 Å². The first-order chi connectivity index (χ1) is 22.8. The zero-order chi connectivity index (χ0) is 30.2. The van der Waals surface area contributed by atoms with Crippen LogP contribution in [0, 0.1) is 0 Å². The SMILES string of the molecule is c1ccc(-c2nc3ccc4ccc(N(c5ccc6c(c5)sc5ccccc56)c5ccc6c(c5)sc5ccccc56)cc4c3o2)cc1. The molecule has 3 nitrogen and oxygen atoms in total. The van der Waals surface area contributed by atoms with E-state index in [1.54, 1.807) is 0 Å². The first-order valence-electron chi connectivity index (χ1n) is 15.3. The molecule has 0 aliphatic rings. The molecule has 3 aromatic heterocycles. The van der Waals surface area contributed by atoms with E-state index in [0.717, 1.165) is 44.5 Å². The van der Waals surface area contributed by atoms with Gasteiger partial charge in [0, 0.05) is 68.4 Å². The maximum absolute atomic E-state index is 6.47. The second kappa shape index (κ2) is 10.0. The van der Waals surface area contributed by atoms with Crippen LogP contribution >= 0.6 is 22.7 Å². The van der Waals surface area contributed by atoms with Gasteiger partial charge in [-0.2, -0.15) is 0 Å². The molecule has 0 fully saturated rings. The summed E-state index contributed by atoms with van der Waals surface area (Å²) in [5.74, 6) is 0.635. The lowest BCUT2D eigenvalue weighted by Crippen LogP contribution is -2.09. The Hall–Kier alpha value is -5.49. The summed E-state index contributed by atoms with van der Waals surface area (Å²) in [6, 6.07) is 52.0. The average molecular weight is 625 g/mol. The minimum atomic E-state index is 0.635. The number of fused-ring (bicyclic) bond motifs is 9. The van der Waals surface area contributed by atoms with Crippen LogP contribution in [-0.2, 0) is 0 Å². The number of thiophene rings is 2. The Morgan fingerprint density at radius 2 is 1.00 bits per heavy atom. The molecule has 0 aliphatic heterocycles. The third-order valence-electron chi connectivity index (χ3n) is 8.88. The summed E-state index contributed by atoms with van der Waals surface area (Å²) in [4.78, 5) is 7.23. The van der Waals surface area contributed by atoms with Crippen molar-refractivity contribution < 1.29 is 4.42 Å². The third kappa shape index (κ3) is 3.99. The van der Waals surface area contributed by atoms with Crippen molar-refractivity contribution in [1.29, 1.82) is 0 Å². The van der Waals surface area contributed by atoms with Crippen molar-refractivity contribution in [2.75, 3.05) is 4.90 Å². The van der Waals surface area contributed by atoms with Crippen molar-refractivity contribution in [2.24, 2.45) is 0 Å². The van der Waals surface area contributed by atoms with Crippen molar-refractivity contribution in [1.82, 2.24) is 4.98 Å². The van der Waals surface area contributed by atoms with E-state index in [1.165, 1.54) is 40.3 Å². The summed E-state index contributed by atoms with van der Waals surface area (Å²) in [5, 5.41) is 7.35. The summed E-state index contributed by atoms with van der Waals surface area (Å²) in [6.07, 6.45) is 0. The topological polar surface area (TPSA) is 29.3 Å². The molecule has 0 bridgehead atoms. The number of hydrogen-bond donors (Lipinski definition) is 0.